The first-order valence-corrected chi connectivity index (χ1v) is 10.7. The van der Waals surface area contributed by atoms with E-state index in [0.717, 1.165) is 25.7 Å². The number of hydrogen-bond acceptors (Lipinski definition) is 6. The van der Waals surface area contributed by atoms with Crippen LogP contribution in [0.25, 0.3) is 10.9 Å². The van der Waals surface area contributed by atoms with Crippen molar-refractivity contribution < 1.29 is 9.66 Å². The second-order valence-corrected chi connectivity index (χ2v) is 7.74. The van der Waals surface area contributed by atoms with Gasteiger partial charge in [0.2, 0.25) is 5.75 Å². The summed E-state index contributed by atoms with van der Waals surface area (Å²) in [6, 6.07) is 11.8. The molecule has 1 aromatic heterocycles. The van der Waals surface area contributed by atoms with Crippen LogP contribution in [0.4, 0.5) is 5.69 Å². The fraction of sp³-hybridized carbons (Fsp3) is 0.292. The molecule has 0 aliphatic heterocycles. The molecule has 4 rings (SSSR count). The molecular weight excluding hydrogens is 408 g/mol. The molecule has 1 heterocycles. The molecule has 164 valence electrons. The molecule has 3 aromatic rings. The summed E-state index contributed by atoms with van der Waals surface area (Å²) >= 11 is 0. The van der Waals surface area contributed by atoms with E-state index in [0.29, 0.717) is 22.3 Å². The van der Waals surface area contributed by atoms with Gasteiger partial charge in [-0.2, -0.15) is 9.78 Å². The summed E-state index contributed by atoms with van der Waals surface area (Å²) < 4.78 is 6.90. The van der Waals surface area contributed by atoms with E-state index >= 15 is 0 Å². The largest absolute Gasteiger partial charge is 0.482 e. The number of ether oxygens (including phenoxy) is 1. The van der Waals surface area contributed by atoms with E-state index in [2.05, 4.69) is 11.7 Å². The number of nitro benzene ring substituents is 1. The summed E-state index contributed by atoms with van der Waals surface area (Å²) in [5, 5.41) is 16.4. The first kappa shape index (κ1) is 21.4. The number of benzene rings is 2. The highest BCUT2D eigenvalue weighted by atomic mass is 16.6. The van der Waals surface area contributed by atoms with Crippen LogP contribution in [0.2, 0.25) is 0 Å². The topological polar surface area (TPSA) is 99.6 Å². The maximum Gasteiger partial charge on any atom is 0.311 e. The third kappa shape index (κ3) is 4.30. The third-order valence-electron chi connectivity index (χ3n) is 5.63. The number of aromatic nitrogens is 2. The van der Waals surface area contributed by atoms with Crippen LogP contribution in [0, 0.1) is 10.1 Å². The van der Waals surface area contributed by atoms with Crippen molar-refractivity contribution in [2.45, 2.75) is 38.0 Å². The molecule has 1 fully saturated rings. The lowest BCUT2D eigenvalue weighted by molar-refractivity contribution is -0.385. The number of hydrogen-bond donors (Lipinski definition) is 0. The summed E-state index contributed by atoms with van der Waals surface area (Å²) in [7, 11) is 0. The smallest absolute Gasteiger partial charge is 0.311 e. The lowest BCUT2D eigenvalue weighted by atomic mass is 9.88. The Morgan fingerprint density at radius 3 is 2.72 bits per heavy atom. The lowest BCUT2D eigenvalue weighted by Crippen LogP contribution is -2.25. The van der Waals surface area contributed by atoms with E-state index in [9.17, 15) is 14.9 Å². The molecule has 0 atom stereocenters. The van der Waals surface area contributed by atoms with E-state index in [1.807, 2.05) is 12.1 Å². The minimum atomic E-state index is -0.507. The number of para-hydroxylation sites is 2. The Morgan fingerprint density at radius 2 is 1.97 bits per heavy atom. The zero-order valence-electron chi connectivity index (χ0n) is 17.6. The van der Waals surface area contributed by atoms with Gasteiger partial charge in [-0.05, 0) is 31.0 Å². The van der Waals surface area contributed by atoms with Crippen molar-refractivity contribution in [2.24, 2.45) is 5.10 Å². The van der Waals surface area contributed by atoms with Crippen molar-refractivity contribution in [2.75, 3.05) is 6.61 Å². The number of nitrogens with zero attached hydrogens (tertiary/aromatic N) is 4. The molecule has 8 heteroatoms. The summed E-state index contributed by atoms with van der Waals surface area (Å²) in [6.07, 6.45) is 8.18. The molecule has 2 aromatic carbocycles. The molecule has 1 saturated carbocycles. The van der Waals surface area contributed by atoms with Crippen LogP contribution in [-0.4, -0.2) is 27.4 Å². The molecule has 0 unspecified atom stereocenters. The Morgan fingerprint density at radius 1 is 1.19 bits per heavy atom. The molecule has 0 spiro atoms. The van der Waals surface area contributed by atoms with Gasteiger partial charge in [-0.3, -0.25) is 14.9 Å². The van der Waals surface area contributed by atoms with Crippen molar-refractivity contribution in [3.63, 3.8) is 0 Å². The highest BCUT2D eigenvalue weighted by Gasteiger charge is 2.23. The van der Waals surface area contributed by atoms with Crippen LogP contribution < -0.4 is 10.3 Å². The normalized spacial score (nSPS) is 14.6. The van der Waals surface area contributed by atoms with Crippen LogP contribution in [0.3, 0.4) is 0 Å². The molecule has 32 heavy (non-hydrogen) atoms. The second-order valence-electron chi connectivity index (χ2n) is 7.74. The van der Waals surface area contributed by atoms with Crippen LogP contribution in [0.15, 0.2) is 65.0 Å². The van der Waals surface area contributed by atoms with Gasteiger partial charge in [-0.25, -0.2) is 4.98 Å². The average molecular weight is 432 g/mol. The van der Waals surface area contributed by atoms with Gasteiger partial charge in [0, 0.05) is 17.5 Å². The molecule has 0 N–H and O–H groups in total. The Balaban J connectivity index is 1.84. The first-order chi connectivity index (χ1) is 15.6. The van der Waals surface area contributed by atoms with Gasteiger partial charge in [-0.1, -0.05) is 50.1 Å². The summed E-state index contributed by atoms with van der Waals surface area (Å²) in [6.45, 7) is 3.70. The molecule has 0 bridgehead atoms. The van der Waals surface area contributed by atoms with Crippen LogP contribution >= 0.6 is 0 Å². The quantitative estimate of drug-likeness (QED) is 0.231. The minimum Gasteiger partial charge on any atom is -0.482 e. The Kier molecular flexibility index (Phi) is 6.39. The maximum atomic E-state index is 13.3. The average Bonchev–Trinajstić information content (AvgIpc) is 2.82. The second kappa shape index (κ2) is 9.55. The van der Waals surface area contributed by atoms with Gasteiger partial charge in [0.1, 0.15) is 12.4 Å². The summed E-state index contributed by atoms with van der Waals surface area (Å²) in [4.78, 5) is 29.0. The highest BCUT2D eigenvalue weighted by molar-refractivity contribution is 5.86. The monoisotopic (exact) mass is 432 g/mol. The van der Waals surface area contributed by atoms with Crippen LogP contribution in [0.5, 0.6) is 5.75 Å². The molecule has 0 saturated heterocycles. The number of rotatable bonds is 7. The van der Waals surface area contributed by atoms with Crippen molar-refractivity contribution >= 4 is 22.8 Å². The fourth-order valence-electron chi connectivity index (χ4n) is 4.08. The van der Waals surface area contributed by atoms with Gasteiger partial charge in [-0.15, -0.1) is 0 Å². The molecule has 0 radical (unpaired) electrons. The van der Waals surface area contributed by atoms with E-state index in [4.69, 9.17) is 9.72 Å². The first-order valence-electron chi connectivity index (χ1n) is 10.7. The van der Waals surface area contributed by atoms with Crippen molar-refractivity contribution in [3.8, 4) is 5.75 Å². The van der Waals surface area contributed by atoms with Crippen molar-refractivity contribution in [1.29, 1.82) is 0 Å². The van der Waals surface area contributed by atoms with Crippen molar-refractivity contribution in [1.82, 2.24) is 9.66 Å². The maximum absolute atomic E-state index is 13.3. The lowest BCUT2D eigenvalue weighted by Gasteiger charge is -2.22. The predicted molar refractivity (Wildman–Crippen MR) is 124 cm³/mol. The van der Waals surface area contributed by atoms with E-state index in [1.165, 1.54) is 29.5 Å². The Bertz CT molecular complexity index is 1240. The Hall–Kier alpha value is -3.81. The highest BCUT2D eigenvalue weighted by Crippen LogP contribution is 2.32. The number of nitro groups is 1. The summed E-state index contributed by atoms with van der Waals surface area (Å²) in [5.41, 5.74) is 0.615. The van der Waals surface area contributed by atoms with Crippen LogP contribution in [-0.2, 0) is 0 Å². The van der Waals surface area contributed by atoms with Gasteiger partial charge in [0.15, 0.2) is 0 Å². The minimum absolute atomic E-state index is 0.0853. The van der Waals surface area contributed by atoms with Gasteiger partial charge >= 0.3 is 5.69 Å². The fourth-order valence-corrected chi connectivity index (χ4v) is 4.08. The summed E-state index contributed by atoms with van der Waals surface area (Å²) in [5.74, 6) is 0.852. The van der Waals surface area contributed by atoms with E-state index < -0.39 is 4.92 Å². The van der Waals surface area contributed by atoms with E-state index in [-0.39, 0.29) is 29.5 Å². The van der Waals surface area contributed by atoms with Gasteiger partial charge in [0.05, 0.1) is 22.0 Å². The standard InChI is InChI=1S/C24H24N4O4/c1-2-15-32-22-18(11-8-14-21(22)28(30)31)16-25-27-23(17-9-4-3-5-10-17)26-20-13-7-6-12-19(20)24(27)29/h2,6-8,11-14,16-17H,1,3-5,9-10,15H2. The molecule has 0 amide bonds. The van der Waals surface area contributed by atoms with Crippen LogP contribution in [0.1, 0.15) is 49.4 Å². The molecule has 1 aliphatic carbocycles. The molecule has 1 aliphatic rings. The molecule has 8 nitrogen and oxygen atoms in total. The van der Waals surface area contributed by atoms with E-state index in [1.54, 1.807) is 24.3 Å². The van der Waals surface area contributed by atoms with Crippen molar-refractivity contribution in [3.05, 3.63) is 87.0 Å². The van der Waals surface area contributed by atoms with Gasteiger partial charge < -0.3 is 4.74 Å². The zero-order valence-corrected chi connectivity index (χ0v) is 17.6. The molecular formula is C24H24N4O4. The number of fused-ring (bicyclic) bond motifs is 1. The third-order valence-corrected chi connectivity index (χ3v) is 5.63. The zero-order chi connectivity index (χ0) is 22.5. The Labute approximate surface area is 185 Å². The SMILES string of the molecule is C=CCOc1c(C=Nn2c(C3CCCCC3)nc3ccccc3c2=O)cccc1[N+](=O)[O-]. The predicted octanol–water partition coefficient (Wildman–Crippen LogP) is 4.80. The van der Waals surface area contributed by atoms with Gasteiger partial charge in [0.25, 0.3) is 5.56 Å².